The largest absolute Gasteiger partial charge is 0.396 e. The van der Waals surface area contributed by atoms with Crippen LogP contribution in [-0.2, 0) is 4.79 Å². The standard InChI is InChI=1S/C18H23N3O3/c1-11(10-22)12(2)21-9-14-15(17(21)23)16(19-18(24)20(14)3)13-7-5-4-6-8-13/h4-8,11-12,16,22H,9-10H2,1-3H3,(H,19,24)/t11-,12-,16-/m1/s1. The maximum atomic E-state index is 13.0. The number of amides is 3. The minimum atomic E-state index is -0.431. The van der Waals surface area contributed by atoms with Gasteiger partial charge in [0, 0.05) is 19.7 Å². The number of hydrogen-bond donors (Lipinski definition) is 2. The van der Waals surface area contributed by atoms with Crippen molar-refractivity contribution >= 4 is 11.9 Å². The van der Waals surface area contributed by atoms with E-state index >= 15 is 0 Å². The number of rotatable bonds is 4. The Balaban J connectivity index is 1.98. The van der Waals surface area contributed by atoms with Crippen LogP contribution in [0.2, 0.25) is 0 Å². The van der Waals surface area contributed by atoms with Crippen LogP contribution in [0, 0.1) is 5.92 Å². The van der Waals surface area contributed by atoms with Crippen molar-refractivity contribution in [2.24, 2.45) is 5.92 Å². The topological polar surface area (TPSA) is 72.9 Å². The zero-order chi connectivity index (χ0) is 17.4. The second-order valence-corrected chi connectivity index (χ2v) is 6.55. The Kier molecular flexibility index (Phi) is 4.32. The Morgan fingerprint density at radius 2 is 1.92 bits per heavy atom. The number of urea groups is 1. The van der Waals surface area contributed by atoms with Crippen LogP contribution in [0.3, 0.4) is 0 Å². The minimum absolute atomic E-state index is 0.0186. The molecule has 0 fully saturated rings. The van der Waals surface area contributed by atoms with Gasteiger partial charge in [-0.25, -0.2) is 4.79 Å². The van der Waals surface area contributed by atoms with Gasteiger partial charge in [-0.1, -0.05) is 37.3 Å². The van der Waals surface area contributed by atoms with E-state index < -0.39 is 6.04 Å². The van der Waals surface area contributed by atoms with E-state index in [1.165, 1.54) is 4.90 Å². The van der Waals surface area contributed by atoms with Gasteiger partial charge in [0.2, 0.25) is 0 Å². The second-order valence-electron chi connectivity index (χ2n) is 6.55. The van der Waals surface area contributed by atoms with E-state index in [0.29, 0.717) is 12.1 Å². The van der Waals surface area contributed by atoms with Crippen molar-refractivity contribution in [1.82, 2.24) is 15.1 Å². The van der Waals surface area contributed by atoms with Gasteiger partial charge < -0.3 is 15.3 Å². The molecule has 0 saturated heterocycles. The lowest BCUT2D eigenvalue weighted by Gasteiger charge is -2.31. The van der Waals surface area contributed by atoms with Gasteiger partial charge in [0.1, 0.15) is 0 Å². The lowest BCUT2D eigenvalue weighted by atomic mass is 9.95. The van der Waals surface area contributed by atoms with E-state index in [9.17, 15) is 14.7 Å². The van der Waals surface area contributed by atoms with Gasteiger partial charge in [0.15, 0.2) is 0 Å². The molecule has 6 heteroatoms. The summed E-state index contributed by atoms with van der Waals surface area (Å²) in [5.74, 6) is -0.0991. The van der Waals surface area contributed by atoms with Crippen LogP contribution in [0.5, 0.6) is 0 Å². The van der Waals surface area contributed by atoms with Crippen LogP contribution in [0.4, 0.5) is 4.79 Å². The van der Waals surface area contributed by atoms with Gasteiger partial charge in [0.05, 0.1) is 23.9 Å². The maximum Gasteiger partial charge on any atom is 0.322 e. The lowest BCUT2D eigenvalue weighted by molar-refractivity contribution is -0.128. The Bertz CT molecular complexity index is 686. The molecule has 0 saturated carbocycles. The molecule has 3 atom stereocenters. The first kappa shape index (κ1) is 16.5. The maximum absolute atomic E-state index is 13.0. The highest BCUT2D eigenvalue weighted by Gasteiger charge is 2.44. The van der Waals surface area contributed by atoms with E-state index in [4.69, 9.17) is 0 Å². The zero-order valence-corrected chi connectivity index (χ0v) is 14.2. The average Bonchev–Trinajstić information content (AvgIpc) is 2.95. The molecular formula is C18H23N3O3. The Hall–Kier alpha value is -2.34. The van der Waals surface area contributed by atoms with Crippen molar-refractivity contribution in [3.63, 3.8) is 0 Å². The molecule has 24 heavy (non-hydrogen) atoms. The molecular weight excluding hydrogens is 306 g/mol. The summed E-state index contributed by atoms with van der Waals surface area (Å²) in [5.41, 5.74) is 2.26. The molecule has 0 aromatic heterocycles. The highest BCUT2D eigenvalue weighted by molar-refractivity contribution is 6.01. The SMILES string of the molecule is C[C@H](CO)[C@@H](C)N1CC2=C(C1=O)[C@@H](c1ccccc1)NC(=O)N2C. The van der Waals surface area contributed by atoms with Gasteiger partial charge in [-0.15, -0.1) is 0 Å². The summed E-state index contributed by atoms with van der Waals surface area (Å²) < 4.78 is 0. The van der Waals surface area contributed by atoms with Gasteiger partial charge in [0.25, 0.3) is 5.91 Å². The summed E-state index contributed by atoms with van der Waals surface area (Å²) in [4.78, 5) is 28.6. The fourth-order valence-electron chi connectivity index (χ4n) is 3.27. The fourth-order valence-corrected chi connectivity index (χ4v) is 3.27. The van der Waals surface area contributed by atoms with Crippen molar-refractivity contribution in [2.75, 3.05) is 20.2 Å². The number of carbonyl (C=O) groups is 2. The third-order valence-electron chi connectivity index (χ3n) is 5.12. The molecule has 0 bridgehead atoms. The number of carbonyl (C=O) groups excluding carboxylic acids is 2. The van der Waals surface area contributed by atoms with E-state index in [1.807, 2.05) is 44.2 Å². The van der Waals surface area contributed by atoms with E-state index in [1.54, 1.807) is 11.9 Å². The van der Waals surface area contributed by atoms with Crippen molar-refractivity contribution in [2.45, 2.75) is 25.9 Å². The van der Waals surface area contributed by atoms with Crippen molar-refractivity contribution in [1.29, 1.82) is 0 Å². The van der Waals surface area contributed by atoms with Crippen LogP contribution in [0.15, 0.2) is 41.6 Å². The molecule has 0 unspecified atom stereocenters. The highest BCUT2D eigenvalue weighted by atomic mass is 16.3. The smallest absolute Gasteiger partial charge is 0.322 e. The minimum Gasteiger partial charge on any atom is -0.396 e. The fraction of sp³-hybridized carbons (Fsp3) is 0.444. The predicted molar refractivity (Wildman–Crippen MR) is 89.9 cm³/mol. The predicted octanol–water partition coefficient (Wildman–Crippen LogP) is 1.50. The van der Waals surface area contributed by atoms with Gasteiger partial charge in [-0.2, -0.15) is 0 Å². The van der Waals surface area contributed by atoms with E-state index in [-0.39, 0.29) is 30.5 Å². The highest BCUT2D eigenvalue weighted by Crippen LogP contribution is 2.36. The number of hydrogen-bond acceptors (Lipinski definition) is 3. The van der Waals surface area contributed by atoms with Gasteiger partial charge in [-0.05, 0) is 18.4 Å². The normalized spacial score (nSPS) is 23.2. The number of benzene rings is 1. The zero-order valence-electron chi connectivity index (χ0n) is 14.2. The van der Waals surface area contributed by atoms with Crippen molar-refractivity contribution in [3.8, 4) is 0 Å². The third kappa shape index (κ3) is 2.57. The van der Waals surface area contributed by atoms with Crippen LogP contribution in [-0.4, -0.2) is 53.1 Å². The number of likely N-dealkylation sites (N-methyl/N-ethyl adjacent to an activating group) is 1. The molecule has 0 aliphatic carbocycles. The first-order valence-electron chi connectivity index (χ1n) is 8.19. The number of nitrogens with one attached hydrogen (secondary N) is 1. The summed E-state index contributed by atoms with van der Waals surface area (Å²) in [6.45, 7) is 4.26. The van der Waals surface area contributed by atoms with Crippen LogP contribution in [0.1, 0.15) is 25.5 Å². The molecule has 1 aromatic carbocycles. The first-order chi connectivity index (χ1) is 11.5. The molecule has 2 aliphatic heterocycles. The van der Waals surface area contributed by atoms with Crippen molar-refractivity contribution in [3.05, 3.63) is 47.2 Å². The third-order valence-corrected chi connectivity index (χ3v) is 5.12. The number of aliphatic hydroxyl groups is 1. The molecule has 0 spiro atoms. The van der Waals surface area contributed by atoms with Crippen LogP contribution >= 0.6 is 0 Å². The van der Waals surface area contributed by atoms with Crippen LogP contribution in [0.25, 0.3) is 0 Å². The summed E-state index contributed by atoms with van der Waals surface area (Å²) in [6, 6.07) is 8.78. The molecule has 3 rings (SSSR count). The summed E-state index contributed by atoms with van der Waals surface area (Å²) in [6.07, 6.45) is 0. The van der Waals surface area contributed by atoms with Crippen LogP contribution < -0.4 is 5.32 Å². The monoisotopic (exact) mass is 329 g/mol. The summed E-state index contributed by atoms with van der Waals surface area (Å²) in [5, 5.41) is 12.3. The van der Waals surface area contributed by atoms with Crippen molar-refractivity contribution < 1.29 is 14.7 Å². The lowest BCUT2D eigenvalue weighted by Crippen LogP contribution is -2.45. The molecule has 2 aliphatic rings. The molecule has 6 nitrogen and oxygen atoms in total. The quantitative estimate of drug-likeness (QED) is 0.879. The molecule has 128 valence electrons. The Labute approximate surface area is 141 Å². The van der Waals surface area contributed by atoms with E-state index in [0.717, 1.165) is 11.3 Å². The summed E-state index contributed by atoms with van der Waals surface area (Å²) >= 11 is 0. The molecule has 3 amide bonds. The Morgan fingerprint density at radius 1 is 1.25 bits per heavy atom. The molecule has 1 aromatic rings. The van der Waals surface area contributed by atoms with Gasteiger partial charge >= 0.3 is 6.03 Å². The first-order valence-corrected chi connectivity index (χ1v) is 8.19. The Morgan fingerprint density at radius 3 is 2.54 bits per heavy atom. The second kappa shape index (κ2) is 6.28. The molecule has 2 heterocycles. The van der Waals surface area contributed by atoms with E-state index in [2.05, 4.69) is 5.32 Å². The molecule has 2 N–H and O–H groups in total. The summed E-state index contributed by atoms with van der Waals surface area (Å²) in [7, 11) is 1.68. The van der Waals surface area contributed by atoms with Gasteiger partial charge in [-0.3, -0.25) is 9.69 Å². The average molecular weight is 329 g/mol. The number of aliphatic hydroxyl groups excluding tert-OH is 1. The molecule has 0 radical (unpaired) electrons. The number of nitrogens with zero attached hydrogens (tertiary/aromatic N) is 2.